The molecule has 0 fully saturated rings. The Balaban J connectivity index is 1.16. The quantitative estimate of drug-likeness (QED) is 0.168. The predicted molar refractivity (Wildman–Crippen MR) is 239 cm³/mol. The van der Waals surface area contributed by atoms with Crippen molar-refractivity contribution in [1.82, 2.24) is 4.40 Å². The Labute approximate surface area is 325 Å². The third-order valence-corrected chi connectivity index (χ3v) is 13.4. The highest BCUT2D eigenvalue weighted by Crippen LogP contribution is 2.53. The van der Waals surface area contributed by atoms with Crippen LogP contribution < -0.4 is 9.80 Å². The van der Waals surface area contributed by atoms with Crippen LogP contribution in [0.15, 0.2) is 188 Å². The zero-order valence-corrected chi connectivity index (χ0v) is 31.2. The van der Waals surface area contributed by atoms with Crippen LogP contribution in [-0.2, 0) is 0 Å². The summed E-state index contributed by atoms with van der Waals surface area (Å²) in [6.07, 6.45) is 0. The molecule has 0 aliphatic carbocycles. The fourth-order valence-corrected chi connectivity index (χ4v) is 11.2. The first-order chi connectivity index (χ1) is 27.3. The molecule has 8 aromatic carbocycles. The van der Waals surface area contributed by atoms with Gasteiger partial charge in [-0.3, -0.25) is 0 Å². The first-order valence-electron chi connectivity index (χ1n) is 18.6. The normalized spacial score (nSPS) is 12.0. The summed E-state index contributed by atoms with van der Waals surface area (Å²) in [5, 5.41) is 7.70. The van der Waals surface area contributed by atoms with E-state index in [2.05, 4.69) is 202 Å². The van der Waals surface area contributed by atoms with Crippen LogP contribution in [0, 0.1) is 0 Å². The van der Waals surface area contributed by atoms with E-state index in [0.29, 0.717) is 0 Å². The molecule has 12 rings (SSSR count). The van der Waals surface area contributed by atoms with Crippen molar-refractivity contribution in [1.29, 1.82) is 0 Å². The number of nitrogens with zero attached hydrogens (tertiary/aromatic N) is 3. The standard InChI is InChI=1S/C50H31N3S2/c1-5-15-34(16-6-1)51(35-17-7-2-8-18-35)38-26-25-32-31-44-41(30-33(32)29-38)48-49(55-44)40-27-28-42(52(36-19-9-3-10-20-36)37-21-11-4-12-22-37)45-46(40)53(48)47-39-23-13-14-24-43(39)54-50(45)47/h1-31H. The van der Waals surface area contributed by atoms with E-state index < -0.39 is 0 Å². The predicted octanol–water partition coefficient (Wildman–Crippen LogP) is 15.4. The van der Waals surface area contributed by atoms with Crippen LogP contribution in [0.4, 0.5) is 34.1 Å². The van der Waals surface area contributed by atoms with Gasteiger partial charge in [0.05, 0.1) is 31.6 Å². The highest BCUT2D eigenvalue weighted by Gasteiger charge is 2.28. The number of fused-ring (bicyclic) bond motifs is 11. The number of rotatable bonds is 6. The van der Waals surface area contributed by atoms with Crippen molar-refractivity contribution in [2.75, 3.05) is 9.80 Å². The van der Waals surface area contributed by atoms with Gasteiger partial charge in [-0.05, 0) is 102 Å². The molecule has 0 saturated carbocycles. The summed E-state index contributed by atoms with van der Waals surface area (Å²) in [6, 6.07) is 68.3. The maximum absolute atomic E-state index is 2.61. The van der Waals surface area contributed by atoms with E-state index in [-0.39, 0.29) is 0 Å². The van der Waals surface area contributed by atoms with E-state index in [9.17, 15) is 0 Å². The smallest absolute Gasteiger partial charge is 0.0729 e. The lowest BCUT2D eigenvalue weighted by molar-refractivity contribution is 1.29. The number of aromatic nitrogens is 1. The fourth-order valence-electron chi connectivity index (χ4n) is 8.71. The van der Waals surface area contributed by atoms with Crippen LogP contribution in [-0.4, -0.2) is 4.40 Å². The van der Waals surface area contributed by atoms with Gasteiger partial charge in [0.1, 0.15) is 0 Å². The lowest BCUT2D eigenvalue weighted by atomic mass is 10.1. The summed E-state index contributed by atoms with van der Waals surface area (Å²) in [5.41, 5.74) is 10.8. The van der Waals surface area contributed by atoms with Gasteiger partial charge in [0, 0.05) is 59.4 Å². The van der Waals surface area contributed by atoms with Crippen LogP contribution in [0.5, 0.6) is 0 Å². The first kappa shape index (κ1) is 30.8. The van der Waals surface area contributed by atoms with Crippen LogP contribution >= 0.6 is 22.7 Å². The molecule has 0 unspecified atom stereocenters. The minimum absolute atomic E-state index is 1.14. The third-order valence-electron chi connectivity index (χ3n) is 11.0. The molecule has 0 radical (unpaired) electrons. The Morgan fingerprint density at radius 1 is 0.345 bits per heavy atom. The summed E-state index contributed by atoms with van der Waals surface area (Å²) in [4.78, 5) is 4.78. The van der Waals surface area contributed by atoms with Gasteiger partial charge in [0.25, 0.3) is 0 Å². The van der Waals surface area contributed by atoms with E-state index in [0.717, 1.165) is 28.4 Å². The molecule has 0 aliphatic rings. The lowest BCUT2D eigenvalue weighted by Gasteiger charge is -2.26. The highest BCUT2D eigenvalue weighted by atomic mass is 32.1. The Morgan fingerprint density at radius 3 is 1.56 bits per heavy atom. The summed E-state index contributed by atoms with van der Waals surface area (Å²) < 4.78 is 7.91. The molecular weight excluding hydrogens is 707 g/mol. The highest BCUT2D eigenvalue weighted by molar-refractivity contribution is 7.27. The zero-order chi connectivity index (χ0) is 36.0. The van der Waals surface area contributed by atoms with Gasteiger partial charge >= 0.3 is 0 Å². The van der Waals surface area contributed by atoms with Gasteiger partial charge in [0.2, 0.25) is 0 Å². The average molecular weight is 738 g/mol. The lowest BCUT2D eigenvalue weighted by Crippen LogP contribution is -2.10. The van der Waals surface area contributed by atoms with Gasteiger partial charge < -0.3 is 14.2 Å². The zero-order valence-electron chi connectivity index (χ0n) is 29.6. The van der Waals surface area contributed by atoms with Gasteiger partial charge in [-0.2, -0.15) is 0 Å². The van der Waals surface area contributed by atoms with E-state index in [1.165, 1.54) is 73.4 Å². The molecule has 12 aromatic rings. The number of para-hydroxylation sites is 4. The Morgan fingerprint density at radius 2 is 0.909 bits per heavy atom. The molecule has 5 heteroatoms. The second-order valence-corrected chi connectivity index (χ2v) is 16.2. The van der Waals surface area contributed by atoms with E-state index in [4.69, 9.17) is 0 Å². The van der Waals surface area contributed by atoms with Crippen LogP contribution in [0.25, 0.3) is 67.7 Å². The summed E-state index contributed by atoms with van der Waals surface area (Å²) in [7, 11) is 0. The molecule has 4 heterocycles. The molecule has 0 N–H and O–H groups in total. The maximum atomic E-state index is 2.61. The van der Waals surface area contributed by atoms with Crippen LogP contribution in [0.2, 0.25) is 0 Å². The third kappa shape index (κ3) is 4.54. The minimum Gasteiger partial charge on any atom is -0.310 e. The van der Waals surface area contributed by atoms with E-state index in [1.807, 2.05) is 22.7 Å². The summed E-state index contributed by atoms with van der Waals surface area (Å²) >= 11 is 3.83. The molecule has 4 aromatic heterocycles. The summed E-state index contributed by atoms with van der Waals surface area (Å²) in [5.74, 6) is 0. The average Bonchev–Trinajstić information content (AvgIpc) is 3.98. The van der Waals surface area contributed by atoms with Crippen molar-refractivity contribution < 1.29 is 0 Å². The second kappa shape index (κ2) is 11.9. The largest absolute Gasteiger partial charge is 0.310 e. The number of anilines is 6. The maximum Gasteiger partial charge on any atom is 0.0729 e. The molecule has 0 atom stereocenters. The summed E-state index contributed by atoms with van der Waals surface area (Å²) in [6.45, 7) is 0. The Hall–Kier alpha value is -6.66. The Kier molecular flexibility index (Phi) is 6.67. The van der Waals surface area contributed by atoms with Crippen molar-refractivity contribution in [2.24, 2.45) is 0 Å². The number of hydrogen-bond donors (Lipinski definition) is 0. The molecule has 258 valence electrons. The molecule has 0 saturated heterocycles. The number of thiophene rings is 2. The molecule has 0 bridgehead atoms. The van der Waals surface area contributed by atoms with Crippen LogP contribution in [0.3, 0.4) is 0 Å². The molecule has 3 nitrogen and oxygen atoms in total. The van der Waals surface area contributed by atoms with Crippen molar-refractivity contribution in [2.45, 2.75) is 0 Å². The number of benzene rings is 8. The van der Waals surface area contributed by atoms with Gasteiger partial charge in [0.15, 0.2) is 0 Å². The molecule has 0 spiro atoms. The molecule has 0 amide bonds. The van der Waals surface area contributed by atoms with Crippen molar-refractivity contribution >= 4 is 124 Å². The Bertz CT molecular complexity index is 3290. The second-order valence-electron chi connectivity index (χ2n) is 14.1. The van der Waals surface area contributed by atoms with Crippen molar-refractivity contribution in [3.63, 3.8) is 0 Å². The number of hydrogen-bond acceptors (Lipinski definition) is 4. The molecule has 55 heavy (non-hydrogen) atoms. The van der Waals surface area contributed by atoms with Gasteiger partial charge in [-0.25, -0.2) is 0 Å². The first-order valence-corrected chi connectivity index (χ1v) is 20.2. The molecule has 0 aliphatic heterocycles. The van der Waals surface area contributed by atoms with Crippen LogP contribution in [0.1, 0.15) is 0 Å². The van der Waals surface area contributed by atoms with Crippen molar-refractivity contribution in [3.05, 3.63) is 188 Å². The SMILES string of the molecule is c1ccc(N(c2ccccc2)c2ccc3cc4sc5c6ccc(N(c7ccccc7)c7ccccc7)c7c8sc9ccccc9c8n(c5c4cc3c2)c67)cc1. The van der Waals surface area contributed by atoms with E-state index in [1.54, 1.807) is 0 Å². The molecular formula is C50H31N3S2. The monoisotopic (exact) mass is 737 g/mol. The fraction of sp³-hybridized carbons (Fsp3) is 0. The van der Waals surface area contributed by atoms with E-state index >= 15 is 0 Å². The van der Waals surface area contributed by atoms with Crippen molar-refractivity contribution in [3.8, 4) is 0 Å². The topological polar surface area (TPSA) is 10.9 Å². The van der Waals surface area contributed by atoms with Gasteiger partial charge in [-0.1, -0.05) is 97.1 Å². The van der Waals surface area contributed by atoms with Gasteiger partial charge in [-0.15, -0.1) is 22.7 Å². The minimum atomic E-state index is 1.14.